The fraction of sp³-hybridized carbons (Fsp3) is 0.375. The van der Waals surface area contributed by atoms with Crippen LogP contribution in [0.1, 0.15) is 35.7 Å². The molecule has 2 heterocycles. The number of amides is 1. The lowest BCUT2D eigenvalue weighted by Gasteiger charge is -2.42. The van der Waals surface area contributed by atoms with E-state index >= 15 is 0 Å². The highest BCUT2D eigenvalue weighted by Crippen LogP contribution is 2.26. The summed E-state index contributed by atoms with van der Waals surface area (Å²) in [5.74, 6) is 2.55. The van der Waals surface area contributed by atoms with Crippen molar-refractivity contribution in [2.45, 2.75) is 38.8 Å². The van der Waals surface area contributed by atoms with Gasteiger partial charge in [-0.15, -0.1) is 6.42 Å². The second kappa shape index (κ2) is 13.0. The quantitative estimate of drug-likeness (QED) is 0.322. The van der Waals surface area contributed by atoms with E-state index in [9.17, 15) is 15.2 Å². The lowest BCUT2D eigenvalue weighted by Crippen LogP contribution is -2.56. The van der Waals surface area contributed by atoms with Crippen molar-refractivity contribution in [1.82, 2.24) is 9.80 Å². The number of anilines is 2. The molecule has 2 aromatic rings. The number of aliphatic hydroxyl groups excluding tert-OH is 1. The van der Waals surface area contributed by atoms with Gasteiger partial charge < -0.3 is 25.1 Å². The molecule has 4 rings (SSSR count). The van der Waals surface area contributed by atoms with Crippen molar-refractivity contribution < 1.29 is 9.90 Å². The Kier molecular flexibility index (Phi) is 9.31. The summed E-state index contributed by atoms with van der Waals surface area (Å²) in [6, 6.07) is 18.2. The predicted molar refractivity (Wildman–Crippen MR) is 156 cm³/mol. The van der Waals surface area contributed by atoms with E-state index in [1.807, 2.05) is 67.3 Å². The van der Waals surface area contributed by atoms with Crippen LogP contribution in [0, 0.1) is 30.6 Å². The number of carbonyl (C=O) groups is 1. The molecule has 0 aliphatic carbocycles. The number of allylic oxidation sites excluding steroid dienone is 3. The molecule has 0 unspecified atom stereocenters. The summed E-state index contributed by atoms with van der Waals surface area (Å²) in [6.45, 7) is 7.21. The van der Waals surface area contributed by atoms with E-state index < -0.39 is 0 Å². The van der Waals surface area contributed by atoms with Crippen molar-refractivity contribution in [3.05, 3.63) is 83.1 Å². The molecule has 0 aromatic heterocycles. The molecule has 1 atom stereocenters. The Morgan fingerprint density at radius 2 is 1.87 bits per heavy atom. The Labute approximate surface area is 232 Å². The third-order valence-electron chi connectivity index (χ3n) is 7.65. The van der Waals surface area contributed by atoms with Gasteiger partial charge in [-0.2, -0.15) is 5.26 Å². The second-order valence-electron chi connectivity index (χ2n) is 10.1. The van der Waals surface area contributed by atoms with E-state index in [2.05, 4.69) is 27.1 Å². The van der Waals surface area contributed by atoms with Gasteiger partial charge in [0.25, 0.3) is 5.91 Å². The van der Waals surface area contributed by atoms with Gasteiger partial charge in [0.15, 0.2) is 0 Å². The topological polar surface area (TPSA) is 82.8 Å². The third-order valence-corrected chi connectivity index (χ3v) is 7.65. The van der Waals surface area contributed by atoms with Crippen LogP contribution in [0.4, 0.5) is 11.4 Å². The summed E-state index contributed by atoms with van der Waals surface area (Å²) in [4.78, 5) is 19.7. The number of likely N-dealkylation sites (tertiary alicyclic amines) is 1. The van der Waals surface area contributed by atoms with Crippen molar-refractivity contribution in [3.63, 3.8) is 0 Å². The van der Waals surface area contributed by atoms with Crippen molar-refractivity contribution in [2.75, 3.05) is 49.5 Å². The van der Waals surface area contributed by atoms with Gasteiger partial charge >= 0.3 is 0 Å². The molecule has 7 nitrogen and oxygen atoms in total. The number of nitriles is 1. The molecule has 7 heteroatoms. The highest BCUT2D eigenvalue weighted by Gasteiger charge is 2.30. The summed E-state index contributed by atoms with van der Waals surface area (Å²) in [5.41, 5.74) is 5.16. The van der Waals surface area contributed by atoms with Crippen LogP contribution < -0.4 is 10.2 Å². The summed E-state index contributed by atoms with van der Waals surface area (Å²) in [7, 11) is 0. The Morgan fingerprint density at radius 3 is 2.51 bits per heavy atom. The van der Waals surface area contributed by atoms with Crippen LogP contribution in [0.3, 0.4) is 0 Å². The number of piperidine rings is 1. The number of nitrogens with zero attached hydrogens (tertiary/aromatic N) is 4. The number of hydrogen-bond acceptors (Lipinski definition) is 6. The van der Waals surface area contributed by atoms with Gasteiger partial charge in [0, 0.05) is 61.8 Å². The number of carbonyl (C=O) groups excluding carboxylic acids is 1. The van der Waals surface area contributed by atoms with E-state index in [1.54, 1.807) is 12.2 Å². The zero-order chi connectivity index (χ0) is 27.8. The van der Waals surface area contributed by atoms with Gasteiger partial charge in [0.1, 0.15) is 6.07 Å². The number of rotatable bonds is 7. The first-order valence-corrected chi connectivity index (χ1v) is 13.6. The Balaban J connectivity index is 1.40. The smallest absolute Gasteiger partial charge is 0.254 e. The van der Waals surface area contributed by atoms with E-state index in [1.165, 1.54) is 0 Å². The van der Waals surface area contributed by atoms with Gasteiger partial charge in [-0.3, -0.25) is 4.79 Å². The standard InChI is InChI=1S/C32H37N5O2/c1-4-9-31(25(5-2)21-33)35-16-14-27(15-17-35)34-30-20-26(13-12-24(30)3)32(39)36-18-19-37(29(22-36)23-38)28-10-7-6-8-11-28/h1,5-13,20,27,29,34,38H,14-19,22-23H2,2-3H3/b25-5-,31-9+/t29-/m1/s1. The van der Waals surface area contributed by atoms with Crippen LogP contribution in [0.15, 0.2) is 72.0 Å². The zero-order valence-corrected chi connectivity index (χ0v) is 22.8. The minimum atomic E-state index is -0.143. The van der Waals surface area contributed by atoms with Gasteiger partial charge in [-0.25, -0.2) is 0 Å². The molecule has 2 fully saturated rings. The van der Waals surface area contributed by atoms with E-state index in [0.717, 1.165) is 48.6 Å². The normalized spacial score (nSPS) is 18.9. The molecule has 0 saturated carbocycles. The first-order valence-electron chi connectivity index (χ1n) is 13.6. The molecular formula is C32H37N5O2. The molecule has 2 aliphatic rings. The number of terminal acetylenes is 1. The van der Waals surface area contributed by atoms with Gasteiger partial charge in [-0.1, -0.05) is 36.3 Å². The van der Waals surface area contributed by atoms with E-state index in [4.69, 9.17) is 6.42 Å². The number of nitrogens with one attached hydrogen (secondary N) is 1. The third kappa shape index (κ3) is 6.45. The minimum absolute atomic E-state index is 0.0137. The summed E-state index contributed by atoms with van der Waals surface area (Å²) < 4.78 is 0. The van der Waals surface area contributed by atoms with Crippen molar-refractivity contribution in [3.8, 4) is 18.4 Å². The SMILES string of the molecule is C#C/C=C(\C(C#N)=C/C)N1CCC(Nc2cc(C(=O)N3CCN(c4ccccc4)[C@@H](CO)C3)ccc2C)CC1. The van der Waals surface area contributed by atoms with Crippen LogP contribution >= 0.6 is 0 Å². The van der Waals surface area contributed by atoms with Gasteiger partial charge in [-0.05, 0) is 56.5 Å². The monoisotopic (exact) mass is 523 g/mol. The largest absolute Gasteiger partial charge is 0.394 e. The average Bonchev–Trinajstić information content (AvgIpc) is 2.98. The first-order chi connectivity index (χ1) is 19.0. The number of piperazine rings is 1. The predicted octanol–water partition coefficient (Wildman–Crippen LogP) is 4.18. The maximum Gasteiger partial charge on any atom is 0.254 e. The number of hydrogen-bond donors (Lipinski definition) is 2. The maximum absolute atomic E-state index is 13.5. The molecule has 1 amide bonds. The zero-order valence-electron chi connectivity index (χ0n) is 22.8. The van der Waals surface area contributed by atoms with Crippen LogP contribution in [0.5, 0.6) is 0 Å². The molecule has 0 bridgehead atoms. The van der Waals surface area contributed by atoms with Crippen LogP contribution in [0.25, 0.3) is 0 Å². The Hall–Kier alpha value is -4.20. The molecule has 2 saturated heterocycles. The van der Waals surface area contributed by atoms with Gasteiger partial charge in [0.2, 0.25) is 0 Å². The summed E-state index contributed by atoms with van der Waals surface area (Å²) >= 11 is 0. The molecule has 2 aromatic carbocycles. The average molecular weight is 524 g/mol. The molecule has 2 aliphatic heterocycles. The molecule has 0 spiro atoms. The maximum atomic E-state index is 13.5. The second-order valence-corrected chi connectivity index (χ2v) is 10.1. The van der Waals surface area contributed by atoms with Crippen molar-refractivity contribution in [2.24, 2.45) is 0 Å². The van der Waals surface area contributed by atoms with Gasteiger partial charge in [0.05, 0.1) is 23.9 Å². The van der Waals surface area contributed by atoms with Crippen LogP contribution in [-0.2, 0) is 0 Å². The fourth-order valence-corrected chi connectivity index (χ4v) is 5.42. The fourth-order valence-electron chi connectivity index (χ4n) is 5.42. The lowest BCUT2D eigenvalue weighted by molar-refractivity contribution is 0.0699. The summed E-state index contributed by atoms with van der Waals surface area (Å²) in [5, 5.41) is 23.2. The highest BCUT2D eigenvalue weighted by molar-refractivity contribution is 5.95. The molecule has 2 N–H and O–H groups in total. The highest BCUT2D eigenvalue weighted by atomic mass is 16.3. The first kappa shape index (κ1) is 27.8. The molecule has 39 heavy (non-hydrogen) atoms. The Bertz CT molecular complexity index is 1300. The van der Waals surface area contributed by atoms with Crippen LogP contribution in [-0.4, -0.2) is 72.2 Å². The number of aliphatic hydroxyl groups is 1. The minimum Gasteiger partial charge on any atom is -0.394 e. The lowest BCUT2D eigenvalue weighted by atomic mass is 10.0. The van der Waals surface area contributed by atoms with E-state index in [-0.39, 0.29) is 24.6 Å². The van der Waals surface area contributed by atoms with Crippen molar-refractivity contribution >= 4 is 17.3 Å². The Morgan fingerprint density at radius 1 is 1.13 bits per heavy atom. The molecule has 0 radical (unpaired) electrons. The number of aryl methyl sites for hydroxylation is 1. The molecule has 202 valence electrons. The van der Waals surface area contributed by atoms with Crippen LogP contribution in [0.2, 0.25) is 0 Å². The number of benzene rings is 2. The molecular weight excluding hydrogens is 486 g/mol. The van der Waals surface area contributed by atoms with E-state index in [0.29, 0.717) is 30.8 Å². The number of para-hydroxylation sites is 1. The summed E-state index contributed by atoms with van der Waals surface area (Å²) in [6.07, 6.45) is 10.8. The van der Waals surface area contributed by atoms with Crippen molar-refractivity contribution in [1.29, 1.82) is 5.26 Å².